The third kappa shape index (κ3) is 2.65. The summed E-state index contributed by atoms with van der Waals surface area (Å²) >= 11 is 0. The molecule has 0 amide bonds. The maximum absolute atomic E-state index is 6.07. The van der Waals surface area contributed by atoms with Gasteiger partial charge in [0.25, 0.3) is 0 Å². The molecular weight excluding hydrogens is 212 g/mol. The second-order valence-electron chi connectivity index (χ2n) is 4.64. The number of hydrogen-bond donors (Lipinski definition) is 1. The standard InChI is InChI=1S/C13H16N4/c1-9-16-11(10-4-6-15-7-5-10)8-12(17-9)13(2,3)14/h4-8H,14H2,1-3H3. The molecule has 2 heterocycles. The van der Waals surface area contributed by atoms with Crippen LogP contribution >= 0.6 is 0 Å². The van der Waals surface area contributed by atoms with E-state index in [1.165, 1.54) is 0 Å². The van der Waals surface area contributed by atoms with Crippen LogP contribution in [0.5, 0.6) is 0 Å². The molecule has 0 aromatic carbocycles. The molecule has 2 aromatic heterocycles. The number of nitrogens with zero attached hydrogens (tertiary/aromatic N) is 3. The Kier molecular flexibility index (Phi) is 2.90. The van der Waals surface area contributed by atoms with Crippen LogP contribution < -0.4 is 5.73 Å². The number of nitrogens with two attached hydrogens (primary N) is 1. The van der Waals surface area contributed by atoms with Crippen molar-refractivity contribution >= 4 is 0 Å². The highest BCUT2D eigenvalue weighted by molar-refractivity contribution is 5.58. The summed E-state index contributed by atoms with van der Waals surface area (Å²) in [6, 6.07) is 5.78. The van der Waals surface area contributed by atoms with Gasteiger partial charge in [-0.2, -0.15) is 0 Å². The van der Waals surface area contributed by atoms with Gasteiger partial charge in [-0.1, -0.05) is 0 Å². The van der Waals surface area contributed by atoms with Gasteiger partial charge in [0.05, 0.1) is 16.9 Å². The molecule has 2 aromatic rings. The molecule has 0 spiro atoms. The van der Waals surface area contributed by atoms with Gasteiger partial charge in [0.15, 0.2) is 0 Å². The first-order valence-electron chi connectivity index (χ1n) is 5.52. The first-order valence-corrected chi connectivity index (χ1v) is 5.52. The number of aryl methyl sites for hydroxylation is 1. The van der Waals surface area contributed by atoms with Gasteiger partial charge in [-0.25, -0.2) is 9.97 Å². The van der Waals surface area contributed by atoms with E-state index >= 15 is 0 Å². The van der Waals surface area contributed by atoms with Crippen LogP contribution in [-0.2, 0) is 5.54 Å². The normalized spacial score (nSPS) is 11.5. The Hall–Kier alpha value is -1.81. The highest BCUT2D eigenvalue weighted by Crippen LogP contribution is 2.21. The van der Waals surface area contributed by atoms with Crippen LogP contribution in [0.2, 0.25) is 0 Å². The largest absolute Gasteiger partial charge is 0.321 e. The summed E-state index contributed by atoms with van der Waals surface area (Å²) in [5.41, 5.74) is 8.36. The average molecular weight is 228 g/mol. The van der Waals surface area contributed by atoms with Crippen molar-refractivity contribution in [2.24, 2.45) is 5.73 Å². The lowest BCUT2D eigenvalue weighted by Crippen LogP contribution is -2.30. The van der Waals surface area contributed by atoms with Gasteiger partial charge in [0.1, 0.15) is 5.82 Å². The predicted molar refractivity (Wildman–Crippen MR) is 67.2 cm³/mol. The Morgan fingerprint density at radius 2 is 1.76 bits per heavy atom. The number of pyridine rings is 1. The zero-order valence-corrected chi connectivity index (χ0v) is 10.3. The summed E-state index contributed by atoms with van der Waals surface area (Å²) in [4.78, 5) is 12.8. The third-order valence-electron chi connectivity index (χ3n) is 2.47. The monoisotopic (exact) mass is 228 g/mol. The zero-order valence-electron chi connectivity index (χ0n) is 10.3. The summed E-state index contributed by atoms with van der Waals surface area (Å²) in [6.07, 6.45) is 3.50. The lowest BCUT2D eigenvalue weighted by atomic mass is 10.00. The van der Waals surface area contributed by atoms with Crippen LogP contribution in [-0.4, -0.2) is 15.0 Å². The average Bonchev–Trinajstić information content (AvgIpc) is 2.28. The van der Waals surface area contributed by atoms with Crippen molar-refractivity contribution < 1.29 is 0 Å². The van der Waals surface area contributed by atoms with Gasteiger partial charge in [0.2, 0.25) is 0 Å². The van der Waals surface area contributed by atoms with Crippen molar-refractivity contribution in [1.82, 2.24) is 15.0 Å². The van der Waals surface area contributed by atoms with Crippen molar-refractivity contribution in [3.05, 3.63) is 42.1 Å². The maximum Gasteiger partial charge on any atom is 0.126 e. The third-order valence-corrected chi connectivity index (χ3v) is 2.47. The Morgan fingerprint density at radius 1 is 1.12 bits per heavy atom. The number of rotatable bonds is 2. The fourth-order valence-corrected chi connectivity index (χ4v) is 1.57. The summed E-state index contributed by atoms with van der Waals surface area (Å²) in [5, 5.41) is 0. The molecule has 2 rings (SSSR count). The Bertz CT molecular complexity index is 515. The van der Waals surface area contributed by atoms with Gasteiger partial charge in [-0.3, -0.25) is 4.98 Å². The quantitative estimate of drug-likeness (QED) is 0.854. The van der Waals surface area contributed by atoms with Gasteiger partial charge in [-0.05, 0) is 39.0 Å². The topological polar surface area (TPSA) is 64.7 Å². The summed E-state index contributed by atoms with van der Waals surface area (Å²) in [5.74, 6) is 0.729. The van der Waals surface area contributed by atoms with E-state index in [2.05, 4.69) is 15.0 Å². The molecule has 0 aliphatic heterocycles. The van der Waals surface area contributed by atoms with Crippen LogP contribution in [0.1, 0.15) is 25.4 Å². The van der Waals surface area contributed by atoms with Crippen LogP contribution in [0.25, 0.3) is 11.3 Å². The summed E-state index contributed by atoms with van der Waals surface area (Å²) in [7, 11) is 0. The molecule has 0 radical (unpaired) electrons. The van der Waals surface area contributed by atoms with E-state index in [9.17, 15) is 0 Å². The van der Waals surface area contributed by atoms with Crippen molar-refractivity contribution in [2.75, 3.05) is 0 Å². The first-order chi connectivity index (χ1) is 7.97. The Balaban J connectivity index is 2.54. The van der Waals surface area contributed by atoms with E-state index in [1.807, 2.05) is 39.0 Å². The van der Waals surface area contributed by atoms with E-state index in [0.717, 1.165) is 22.8 Å². The van der Waals surface area contributed by atoms with E-state index < -0.39 is 5.54 Å². The molecule has 88 valence electrons. The van der Waals surface area contributed by atoms with E-state index in [-0.39, 0.29) is 0 Å². The number of hydrogen-bond acceptors (Lipinski definition) is 4. The molecule has 0 aliphatic carbocycles. The van der Waals surface area contributed by atoms with Crippen LogP contribution in [0.4, 0.5) is 0 Å². The fourth-order valence-electron chi connectivity index (χ4n) is 1.57. The van der Waals surface area contributed by atoms with E-state index in [0.29, 0.717) is 0 Å². The minimum absolute atomic E-state index is 0.463. The smallest absolute Gasteiger partial charge is 0.126 e. The number of aromatic nitrogens is 3. The van der Waals surface area contributed by atoms with Gasteiger partial charge in [0, 0.05) is 18.0 Å². The molecule has 2 N–H and O–H groups in total. The molecule has 0 aliphatic rings. The van der Waals surface area contributed by atoms with Gasteiger partial charge in [-0.15, -0.1) is 0 Å². The van der Waals surface area contributed by atoms with Crippen molar-refractivity contribution in [2.45, 2.75) is 26.3 Å². The molecule has 4 nitrogen and oxygen atoms in total. The van der Waals surface area contributed by atoms with Crippen LogP contribution in [0.15, 0.2) is 30.6 Å². The van der Waals surface area contributed by atoms with Crippen LogP contribution in [0.3, 0.4) is 0 Å². The van der Waals surface area contributed by atoms with Crippen LogP contribution in [0, 0.1) is 6.92 Å². The summed E-state index contributed by atoms with van der Waals surface area (Å²) < 4.78 is 0. The molecule has 17 heavy (non-hydrogen) atoms. The molecule has 0 atom stereocenters. The zero-order chi connectivity index (χ0) is 12.5. The molecular formula is C13H16N4. The fraction of sp³-hybridized carbons (Fsp3) is 0.308. The van der Waals surface area contributed by atoms with Crippen molar-refractivity contribution in [3.63, 3.8) is 0 Å². The van der Waals surface area contributed by atoms with Gasteiger partial charge < -0.3 is 5.73 Å². The van der Waals surface area contributed by atoms with Crippen molar-refractivity contribution in [1.29, 1.82) is 0 Å². The molecule has 4 heteroatoms. The van der Waals surface area contributed by atoms with Gasteiger partial charge >= 0.3 is 0 Å². The predicted octanol–water partition coefficient (Wildman–Crippen LogP) is 2.04. The minimum Gasteiger partial charge on any atom is -0.321 e. The highest BCUT2D eigenvalue weighted by atomic mass is 14.9. The Labute approximate surface area is 101 Å². The van der Waals surface area contributed by atoms with E-state index in [1.54, 1.807) is 12.4 Å². The molecule has 0 fully saturated rings. The minimum atomic E-state index is -0.463. The lowest BCUT2D eigenvalue weighted by Gasteiger charge is -2.19. The maximum atomic E-state index is 6.07. The molecule has 0 bridgehead atoms. The second kappa shape index (κ2) is 4.22. The summed E-state index contributed by atoms with van der Waals surface area (Å²) in [6.45, 7) is 5.75. The van der Waals surface area contributed by atoms with Crippen molar-refractivity contribution in [3.8, 4) is 11.3 Å². The highest BCUT2D eigenvalue weighted by Gasteiger charge is 2.17. The van der Waals surface area contributed by atoms with E-state index in [4.69, 9.17) is 5.73 Å². The molecule has 0 saturated carbocycles. The molecule has 0 unspecified atom stereocenters. The second-order valence-corrected chi connectivity index (χ2v) is 4.64. The SMILES string of the molecule is Cc1nc(-c2ccncc2)cc(C(C)(C)N)n1. The molecule has 0 saturated heterocycles. The Morgan fingerprint density at radius 3 is 2.35 bits per heavy atom. The lowest BCUT2D eigenvalue weighted by molar-refractivity contribution is 0.532. The first kappa shape index (κ1) is 11.7.